The molecule has 4 rings (SSSR count). The predicted molar refractivity (Wildman–Crippen MR) is 81.9 cm³/mol. The van der Waals surface area contributed by atoms with Gasteiger partial charge in [0.25, 0.3) is 0 Å². The summed E-state index contributed by atoms with van der Waals surface area (Å²) in [5.41, 5.74) is 9.24. The molecule has 2 aromatic rings. The summed E-state index contributed by atoms with van der Waals surface area (Å²) in [6.45, 7) is 0. The van der Waals surface area contributed by atoms with Crippen molar-refractivity contribution >= 4 is 23.5 Å². The molecule has 0 bridgehead atoms. The molecule has 0 amide bonds. The molecule has 90 valence electrons. The van der Waals surface area contributed by atoms with Crippen LogP contribution in [0.5, 0.6) is 0 Å². The van der Waals surface area contributed by atoms with E-state index in [9.17, 15) is 0 Å². The molecule has 2 aromatic carbocycles. The van der Waals surface area contributed by atoms with E-state index in [1.807, 2.05) is 23.5 Å². The van der Waals surface area contributed by atoms with Gasteiger partial charge in [-0.25, -0.2) is 0 Å². The maximum atomic E-state index is 2.31. The van der Waals surface area contributed by atoms with Crippen molar-refractivity contribution in [1.29, 1.82) is 0 Å². The Morgan fingerprint density at radius 1 is 0.556 bits per heavy atom. The molecule has 0 fully saturated rings. The maximum absolute atomic E-state index is 2.31. The lowest BCUT2D eigenvalue weighted by Crippen LogP contribution is -1.94. The van der Waals surface area contributed by atoms with Gasteiger partial charge in [0.15, 0.2) is 0 Å². The summed E-state index contributed by atoms with van der Waals surface area (Å²) in [6, 6.07) is 13.7. The second-order valence-electron chi connectivity index (χ2n) is 4.89. The maximum Gasteiger partial charge on any atom is 0.0194 e. The lowest BCUT2D eigenvalue weighted by Gasteiger charge is -2.14. The Kier molecular flexibility index (Phi) is 2.66. The fraction of sp³-hybridized carbons (Fsp3) is 0.250. The number of hydrogen-bond donors (Lipinski definition) is 0. The molecule has 0 nitrogen and oxygen atoms in total. The first-order chi connectivity index (χ1) is 8.93. The summed E-state index contributed by atoms with van der Waals surface area (Å²) in [5, 5.41) is 0. The van der Waals surface area contributed by atoms with Crippen LogP contribution in [0.25, 0.3) is 11.1 Å². The zero-order chi connectivity index (χ0) is 11.9. The van der Waals surface area contributed by atoms with Crippen LogP contribution in [-0.2, 0) is 23.0 Å². The first kappa shape index (κ1) is 11.0. The van der Waals surface area contributed by atoms with Crippen molar-refractivity contribution in [2.75, 3.05) is 0 Å². The quantitative estimate of drug-likeness (QED) is 0.671. The van der Waals surface area contributed by atoms with E-state index in [0.717, 1.165) is 23.0 Å². The first-order valence-electron chi connectivity index (χ1n) is 6.31. The molecule has 0 unspecified atom stereocenters. The van der Waals surface area contributed by atoms with E-state index in [4.69, 9.17) is 0 Å². The average Bonchev–Trinajstić information content (AvgIpc) is 2.70. The summed E-state index contributed by atoms with van der Waals surface area (Å²) >= 11 is 4.09. The molecule has 2 aliphatic heterocycles. The molecule has 0 radical (unpaired) electrons. The molecule has 2 heterocycles. The Bertz CT molecular complexity index is 516. The summed E-state index contributed by atoms with van der Waals surface area (Å²) in [7, 11) is 0. The molecule has 0 spiro atoms. The Morgan fingerprint density at radius 3 is 1.22 bits per heavy atom. The lowest BCUT2D eigenvalue weighted by atomic mass is 9.90. The second-order valence-corrected chi connectivity index (χ2v) is 6.86. The van der Waals surface area contributed by atoms with Crippen molar-refractivity contribution in [2.24, 2.45) is 0 Å². The highest BCUT2D eigenvalue weighted by Gasteiger charge is 2.22. The average molecular weight is 270 g/mol. The van der Waals surface area contributed by atoms with Crippen LogP contribution in [0.15, 0.2) is 36.4 Å². The molecular formula is C16H14S2. The lowest BCUT2D eigenvalue weighted by molar-refractivity contribution is 1.32. The van der Waals surface area contributed by atoms with Crippen molar-refractivity contribution in [1.82, 2.24) is 0 Å². The van der Waals surface area contributed by atoms with E-state index in [1.54, 1.807) is 11.1 Å². The minimum Gasteiger partial charge on any atom is -0.152 e. The van der Waals surface area contributed by atoms with Crippen molar-refractivity contribution in [2.45, 2.75) is 23.0 Å². The normalized spacial score (nSPS) is 16.7. The van der Waals surface area contributed by atoms with Crippen LogP contribution in [-0.4, -0.2) is 0 Å². The highest BCUT2D eigenvalue weighted by molar-refractivity contribution is 7.98. The van der Waals surface area contributed by atoms with E-state index in [0.29, 0.717) is 0 Å². The highest BCUT2D eigenvalue weighted by Crippen LogP contribution is 2.44. The van der Waals surface area contributed by atoms with Gasteiger partial charge in [-0.15, -0.1) is 0 Å². The van der Waals surface area contributed by atoms with Gasteiger partial charge in [-0.2, -0.15) is 23.5 Å². The molecule has 18 heavy (non-hydrogen) atoms. The first-order valence-corrected chi connectivity index (χ1v) is 8.62. The minimum absolute atomic E-state index is 1.15. The molecule has 0 N–H and O–H groups in total. The Morgan fingerprint density at radius 2 is 0.889 bits per heavy atom. The summed E-state index contributed by atoms with van der Waals surface area (Å²) in [4.78, 5) is 0. The van der Waals surface area contributed by atoms with Crippen LogP contribution in [0.3, 0.4) is 0 Å². The van der Waals surface area contributed by atoms with Crippen molar-refractivity contribution < 1.29 is 0 Å². The fourth-order valence-corrected chi connectivity index (χ4v) is 5.02. The summed E-state index contributed by atoms with van der Waals surface area (Å²) < 4.78 is 0. The third-order valence-electron chi connectivity index (χ3n) is 3.75. The Labute approximate surface area is 116 Å². The van der Waals surface area contributed by atoms with Gasteiger partial charge in [0, 0.05) is 23.0 Å². The topological polar surface area (TPSA) is 0 Å². The third-order valence-corrected chi connectivity index (χ3v) is 5.81. The molecule has 2 aliphatic rings. The van der Waals surface area contributed by atoms with Crippen LogP contribution >= 0.6 is 23.5 Å². The van der Waals surface area contributed by atoms with E-state index in [-0.39, 0.29) is 0 Å². The van der Waals surface area contributed by atoms with Crippen LogP contribution < -0.4 is 0 Å². The van der Waals surface area contributed by atoms with Gasteiger partial charge >= 0.3 is 0 Å². The minimum atomic E-state index is 1.15. The molecule has 0 aliphatic carbocycles. The predicted octanol–water partition coefficient (Wildman–Crippen LogP) is 4.85. The zero-order valence-electron chi connectivity index (χ0n) is 10.1. The van der Waals surface area contributed by atoms with Gasteiger partial charge in [-0.05, 0) is 33.4 Å². The van der Waals surface area contributed by atoms with E-state index >= 15 is 0 Å². The van der Waals surface area contributed by atoms with E-state index in [1.165, 1.54) is 22.3 Å². The van der Waals surface area contributed by atoms with Crippen molar-refractivity contribution in [3.63, 3.8) is 0 Å². The molecule has 0 aromatic heterocycles. The summed E-state index contributed by atoms with van der Waals surface area (Å²) in [6.07, 6.45) is 0. The molecule has 0 atom stereocenters. The SMILES string of the molecule is c1cc2c3c(c1)CSCc1cccc(c1-3)CSC2. The number of thioether (sulfide) groups is 2. The number of hydrogen-bond acceptors (Lipinski definition) is 2. The van der Waals surface area contributed by atoms with Crippen LogP contribution in [0.1, 0.15) is 22.3 Å². The highest BCUT2D eigenvalue weighted by atomic mass is 32.2. The summed E-state index contributed by atoms with van der Waals surface area (Å²) in [5.74, 6) is 4.62. The van der Waals surface area contributed by atoms with Crippen LogP contribution in [0.4, 0.5) is 0 Å². The molecule has 2 heteroatoms. The van der Waals surface area contributed by atoms with Gasteiger partial charge in [-0.3, -0.25) is 0 Å². The number of rotatable bonds is 0. The monoisotopic (exact) mass is 270 g/mol. The standard InChI is InChI=1S/C16H14S2/c1-3-11-7-17-9-13-5-2-6-14-10-18-8-12(4-1)15(11)16(13)14/h1-6H,7-10H2. The van der Waals surface area contributed by atoms with Crippen molar-refractivity contribution in [3.05, 3.63) is 58.7 Å². The molecule has 0 saturated heterocycles. The van der Waals surface area contributed by atoms with Gasteiger partial charge in [-0.1, -0.05) is 36.4 Å². The van der Waals surface area contributed by atoms with Crippen molar-refractivity contribution in [3.8, 4) is 11.1 Å². The largest absolute Gasteiger partial charge is 0.152 e. The van der Waals surface area contributed by atoms with Gasteiger partial charge in [0.05, 0.1) is 0 Å². The van der Waals surface area contributed by atoms with Crippen LogP contribution in [0, 0.1) is 0 Å². The van der Waals surface area contributed by atoms with E-state index in [2.05, 4.69) is 36.4 Å². The van der Waals surface area contributed by atoms with Crippen LogP contribution in [0.2, 0.25) is 0 Å². The smallest absolute Gasteiger partial charge is 0.0194 e. The van der Waals surface area contributed by atoms with E-state index < -0.39 is 0 Å². The fourth-order valence-electron chi connectivity index (χ4n) is 2.97. The second kappa shape index (κ2) is 4.36. The Balaban J connectivity index is 2.12. The Hall–Kier alpha value is -0.860. The molecule has 0 saturated carbocycles. The van der Waals surface area contributed by atoms with Gasteiger partial charge in [0.2, 0.25) is 0 Å². The third kappa shape index (κ3) is 1.63. The number of benzene rings is 2. The zero-order valence-corrected chi connectivity index (χ0v) is 11.7. The van der Waals surface area contributed by atoms with Gasteiger partial charge < -0.3 is 0 Å². The van der Waals surface area contributed by atoms with Gasteiger partial charge in [0.1, 0.15) is 0 Å². The molecular weight excluding hydrogens is 256 g/mol.